The number of rotatable bonds is 0. The van der Waals surface area contributed by atoms with E-state index in [1.165, 1.54) is 6.42 Å². The molecule has 0 aromatic carbocycles. The Labute approximate surface area is 84.7 Å². The third kappa shape index (κ3) is 1.01. The van der Waals surface area contributed by atoms with Crippen LogP contribution in [-0.4, -0.2) is 37.5 Å². The van der Waals surface area contributed by atoms with Gasteiger partial charge < -0.3 is 0 Å². The van der Waals surface area contributed by atoms with Gasteiger partial charge in [0, 0.05) is 0 Å². The third-order valence-electron chi connectivity index (χ3n) is 3.99. The summed E-state index contributed by atoms with van der Waals surface area (Å²) >= 11 is 0. The van der Waals surface area contributed by atoms with Gasteiger partial charge >= 0.3 is 84.0 Å². The summed E-state index contributed by atoms with van der Waals surface area (Å²) in [4.78, 5) is 11.9. The van der Waals surface area contributed by atoms with E-state index in [-0.39, 0.29) is 17.7 Å². The van der Waals surface area contributed by atoms with Crippen LogP contribution in [0.3, 0.4) is 0 Å². The van der Waals surface area contributed by atoms with E-state index < -0.39 is 0 Å². The zero-order chi connectivity index (χ0) is 9.71. The van der Waals surface area contributed by atoms with Crippen molar-refractivity contribution in [3.05, 3.63) is 0 Å². The summed E-state index contributed by atoms with van der Waals surface area (Å²) in [7, 11) is 5.87. The molecule has 0 aromatic rings. The molecule has 4 heteroatoms. The van der Waals surface area contributed by atoms with E-state index in [2.05, 4.69) is 10.6 Å². The van der Waals surface area contributed by atoms with Crippen LogP contribution in [0.2, 0.25) is 0 Å². The van der Waals surface area contributed by atoms with Crippen molar-refractivity contribution in [1.82, 2.24) is 10.6 Å². The van der Waals surface area contributed by atoms with Gasteiger partial charge in [-0.25, -0.2) is 0 Å². The Kier molecular flexibility index (Phi) is 1.89. The average molecular weight is 189 g/mol. The summed E-state index contributed by atoms with van der Waals surface area (Å²) in [6.07, 6.45) is 3.38. The Morgan fingerprint density at radius 2 is 2.14 bits per heavy atom. The van der Waals surface area contributed by atoms with Crippen LogP contribution >= 0.6 is 0 Å². The molecule has 2 N–H and O–H groups in total. The number of carbonyl (C=O) groups excluding carboxylic acids is 1. The first-order chi connectivity index (χ1) is 6.79. The monoisotopic (exact) mass is 189 g/mol. The molecule has 1 radical (unpaired) electrons. The Morgan fingerprint density at radius 3 is 3.00 bits per heavy atom. The van der Waals surface area contributed by atoms with Gasteiger partial charge in [0.25, 0.3) is 0 Å². The summed E-state index contributed by atoms with van der Waals surface area (Å²) in [6, 6.07) is 0.657. The van der Waals surface area contributed by atoms with E-state index in [4.69, 9.17) is 7.49 Å². The van der Waals surface area contributed by atoms with Crippen molar-refractivity contribution in [2.24, 2.45) is 11.8 Å². The summed E-state index contributed by atoms with van der Waals surface area (Å²) in [5.74, 6) is 0.824. The quantitative estimate of drug-likeness (QED) is 0.491. The molecule has 73 valence electrons. The van der Waals surface area contributed by atoms with Gasteiger partial charge in [0.05, 0.1) is 0 Å². The van der Waals surface area contributed by atoms with Crippen molar-refractivity contribution < 1.29 is 4.79 Å². The molecule has 2 saturated carbocycles. The number of ketones is 1. The van der Waals surface area contributed by atoms with Gasteiger partial charge in [0.15, 0.2) is 0 Å². The summed E-state index contributed by atoms with van der Waals surface area (Å²) in [5, 5.41) is 6.73. The van der Waals surface area contributed by atoms with Gasteiger partial charge in [0.1, 0.15) is 0 Å². The maximum atomic E-state index is 11.9. The Bertz CT molecular complexity index is 276. The molecule has 0 amide bonds. The second-order valence-corrected chi connectivity index (χ2v) is 4.60. The number of carbonyl (C=O) groups is 1. The van der Waals surface area contributed by atoms with Crippen molar-refractivity contribution in [1.29, 1.82) is 0 Å². The number of hydrogen-bond donors (Lipinski definition) is 2. The molecule has 3 nitrogen and oxygen atoms in total. The molecule has 0 aromatic heterocycles. The van der Waals surface area contributed by atoms with Crippen LogP contribution in [0.5, 0.6) is 0 Å². The second kappa shape index (κ2) is 3.01. The standard InChI is InChI=1S/C10H14BN2O/c11-8-9-7-5(10(8)14)2-1-3-6(7)12-4-13-9/h5-7,9,12-13H,1-4H2. The molecule has 0 spiro atoms. The fraction of sp³-hybridized carbons (Fsp3) is 0.800. The van der Waals surface area contributed by atoms with E-state index >= 15 is 0 Å². The van der Waals surface area contributed by atoms with Gasteiger partial charge in [-0.15, -0.1) is 0 Å². The van der Waals surface area contributed by atoms with E-state index in [1.807, 2.05) is 0 Å². The molecule has 2 aliphatic carbocycles. The number of nitrogens with one attached hydrogen (secondary N) is 2. The fourth-order valence-corrected chi connectivity index (χ4v) is 3.35. The minimum absolute atomic E-state index is 0.152. The molecule has 4 unspecified atom stereocenters. The first-order valence-corrected chi connectivity index (χ1v) is 5.42. The van der Waals surface area contributed by atoms with Crippen LogP contribution in [0.4, 0.5) is 0 Å². The summed E-state index contributed by atoms with van der Waals surface area (Å²) in [5.41, 5.74) is 0.577. The van der Waals surface area contributed by atoms with Crippen molar-refractivity contribution in [3.8, 4) is 0 Å². The first kappa shape index (κ1) is 8.80. The Morgan fingerprint density at radius 1 is 1.29 bits per heavy atom. The SMILES string of the molecule is [B]=C1C(=O)C2CCCC3NCNC1C32. The molecule has 3 rings (SSSR count). The topological polar surface area (TPSA) is 41.1 Å². The molecule has 3 fully saturated rings. The van der Waals surface area contributed by atoms with Gasteiger partial charge in [-0.3, -0.25) is 0 Å². The predicted molar refractivity (Wildman–Crippen MR) is 55.3 cm³/mol. The van der Waals surface area contributed by atoms with E-state index in [0.717, 1.165) is 19.5 Å². The first-order valence-electron chi connectivity index (χ1n) is 5.42. The maximum absolute atomic E-state index is 11.9. The van der Waals surface area contributed by atoms with Crippen LogP contribution < -0.4 is 10.6 Å². The van der Waals surface area contributed by atoms with E-state index in [9.17, 15) is 4.79 Å². The molecule has 0 bridgehead atoms. The molecular weight excluding hydrogens is 175 g/mol. The molecule has 14 heavy (non-hydrogen) atoms. The Hall–Kier alpha value is -0.475. The predicted octanol–water partition coefficient (Wildman–Crippen LogP) is -0.786. The van der Waals surface area contributed by atoms with E-state index in [0.29, 0.717) is 17.4 Å². The van der Waals surface area contributed by atoms with Gasteiger partial charge in [0.2, 0.25) is 0 Å². The van der Waals surface area contributed by atoms with Gasteiger partial charge in [-0.1, -0.05) is 0 Å². The van der Waals surface area contributed by atoms with Gasteiger partial charge in [-0.05, 0) is 0 Å². The molecule has 3 aliphatic rings. The summed E-state index contributed by atoms with van der Waals surface area (Å²) < 4.78 is 0. The number of Topliss-reactive ketones (excluding diaryl/α,β-unsaturated/α-hetero) is 1. The van der Waals surface area contributed by atoms with Crippen LogP contribution in [0.1, 0.15) is 19.3 Å². The molecular formula is C10H14BN2O. The Balaban J connectivity index is 1.98. The van der Waals surface area contributed by atoms with Crippen molar-refractivity contribution >= 4 is 18.7 Å². The van der Waals surface area contributed by atoms with Crippen LogP contribution in [0, 0.1) is 11.8 Å². The van der Waals surface area contributed by atoms with Crippen molar-refractivity contribution in [2.45, 2.75) is 31.3 Å². The zero-order valence-corrected chi connectivity index (χ0v) is 8.12. The van der Waals surface area contributed by atoms with Crippen LogP contribution in [-0.2, 0) is 4.79 Å². The van der Waals surface area contributed by atoms with Gasteiger partial charge in [-0.2, -0.15) is 0 Å². The normalized spacial score (nSPS) is 46.5. The summed E-state index contributed by atoms with van der Waals surface area (Å²) in [6.45, 7) is 0.784. The third-order valence-corrected chi connectivity index (χ3v) is 3.99. The molecule has 1 saturated heterocycles. The number of hydrogen-bond acceptors (Lipinski definition) is 3. The average Bonchev–Trinajstić information content (AvgIpc) is 2.47. The van der Waals surface area contributed by atoms with E-state index in [1.54, 1.807) is 0 Å². The minimum atomic E-state index is 0.152. The van der Waals surface area contributed by atoms with Crippen molar-refractivity contribution in [2.75, 3.05) is 6.67 Å². The van der Waals surface area contributed by atoms with Crippen LogP contribution in [0.25, 0.3) is 0 Å². The zero-order valence-electron chi connectivity index (χ0n) is 8.12. The molecule has 1 heterocycles. The van der Waals surface area contributed by atoms with Crippen LogP contribution in [0.15, 0.2) is 0 Å². The fourth-order valence-electron chi connectivity index (χ4n) is 3.35. The van der Waals surface area contributed by atoms with Crippen molar-refractivity contribution in [3.63, 3.8) is 0 Å². The molecule has 4 atom stereocenters. The second-order valence-electron chi connectivity index (χ2n) is 4.60. The molecule has 1 aliphatic heterocycles.